The topological polar surface area (TPSA) is 49.2 Å². The minimum atomic E-state index is -1.04. The predicted molar refractivity (Wildman–Crippen MR) is 99.0 cm³/mol. The Morgan fingerprint density at radius 3 is 2.48 bits per heavy atom. The summed E-state index contributed by atoms with van der Waals surface area (Å²) in [4.78, 5) is 0. The van der Waals surface area contributed by atoms with E-state index in [9.17, 15) is 4.39 Å². The Kier molecular flexibility index (Phi) is 4.64. The number of hydrogen-bond acceptors (Lipinski definition) is 4. The summed E-state index contributed by atoms with van der Waals surface area (Å²) in [6, 6.07) is 5.81. The van der Waals surface area contributed by atoms with Crippen LogP contribution in [0.5, 0.6) is 0 Å². The molecule has 0 radical (unpaired) electrons. The Bertz CT molecular complexity index is 819. The maximum absolute atomic E-state index is 14.5. The standard InChI is InChI=1S/C17H20BBrFN3O2/c1-11-8-13(6-7-14(11)19)23-10-12(21-22-23)9-15(20)18-24-16(2,3)17(4,5)25-18/h6-10H,1-5H3. The Morgan fingerprint density at radius 1 is 1.24 bits per heavy atom. The molecule has 0 bridgehead atoms. The summed E-state index contributed by atoms with van der Waals surface area (Å²) < 4.78 is 28.5. The van der Waals surface area contributed by atoms with Gasteiger partial charge in [0, 0.05) is 4.47 Å². The Labute approximate surface area is 155 Å². The summed E-state index contributed by atoms with van der Waals surface area (Å²) in [7, 11) is -1.04. The minimum Gasteiger partial charge on any atom is -0.398 e. The molecule has 1 aliphatic heterocycles. The number of hydrogen-bond donors (Lipinski definition) is 0. The smallest absolute Gasteiger partial charge is 0.398 e. The molecule has 132 valence electrons. The molecule has 8 heteroatoms. The van der Waals surface area contributed by atoms with Gasteiger partial charge in [0.05, 0.1) is 23.1 Å². The van der Waals surface area contributed by atoms with Gasteiger partial charge in [-0.3, -0.25) is 0 Å². The van der Waals surface area contributed by atoms with E-state index in [0.717, 1.165) is 15.7 Å². The van der Waals surface area contributed by atoms with E-state index in [0.29, 0.717) is 5.69 Å². The second-order valence-corrected chi connectivity index (χ2v) is 7.99. The van der Waals surface area contributed by atoms with Gasteiger partial charge in [-0.15, -0.1) is 5.10 Å². The molecule has 0 unspecified atom stereocenters. The first-order valence-electron chi connectivity index (χ1n) is 8.01. The third-order valence-corrected chi connectivity index (χ3v) is 5.57. The van der Waals surface area contributed by atoms with Crippen molar-refractivity contribution in [1.82, 2.24) is 15.0 Å². The van der Waals surface area contributed by atoms with Crippen molar-refractivity contribution in [2.45, 2.75) is 45.8 Å². The van der Waals surface area contributed by atoms with Gasteiger partial charge in [-0.05, 0) is 64.5 Å². The maximum Gasteiger partial charge on any atom is 0.525 e. The molecule has 1 aromatic heterocycles. The van der Waals surface area contributed by atoms with Crippen LogP contribution < -0.4 is 0 Å². The van der Waals surface area contributed by atoms with Gasteiger partial charge in [0.1, 0.15) is 11.4 Å². The average Bonchev–Trinajstić information content (AvgIpc) is 3.05. The van der Waals surface area contributed by atoms with Gasteiger partial charge in [-0.1, -0.05) is 21.1 Å². The number of nitrogens with zero attached hydrogens (tertiary/aromatic N) is 3. The van der Waals surface area contributed by atoms with Crippen LogP contribution in [0.4, 0.5) is 4.39 Å². The van der Waals surface area contributed by atoms with Crippen LogP contribution in [0.1, 0.15) is 39.0 Å². The van der Waals surface area contributed by atoms with E-state index in [1.807, 2.05) is 52.8 Å². The van der Waals surface area contributed by atoms with Crippen molar-refractivity contribution >= 4 is 29.1 Å². The van der Waals surface area contributed by atoms with Gasteiger partial charge in [0.25, 0.3) is 0 Å². The molecule has 1 fully saturated rings. The van der Waals surface area contributed by atoms with Crippen LogP contribution >= 0.6 is 15.9 Å². The van der Waals surface area contributed by atoms with Gasteiger partial charge in [0.15, 0.2) is 0 Å². The highest BCUT2D eigenvalue weighted by molar-refractivity contribution is 9.10. The zero-order chi connectivity index (χ0) is 18.4. The Balaban J connectivity index is 1.81. The molecule has 2 aromatic rings. The lowest BCUT2D eigenvalue weighted by atomic mass is 9.87. The van der Waals surface area contributed by atoms with Crippen molar-refractivity contribution in [3.05, 3.63) is 45.9 Å². The molecule has 1 aromatic carbocycles. The van der Waals surface area contributed by atoms with Crippen molar-refractivity contribution < 1.29 is 13.7 Å². The molecule has 2 heterocycles. The van der Waals surface area contributed by atoms with Crippen LogP contribution in [0, 0.1) is 6.92 Å². The van der Waals surface area contributed by atoms with E-state index < -0.39 is 24.0 Å². The molecule has 0 amide bonds. The largest absolute Gasteiger partial charge is 0.525 e. The molecule has 0 atom stereocenters. The van der Waals surface area contributed by atoms with Crippen molar-refractivity contribution in [3.63, 3.8) is 0 Å². The maximum atomic E-state index is 14.5. The Morgan fingerprint density at radius 2 is 1.88 bits per heavy atom. The second kappa shape index (κ2) is 6.34. The summed E-state index contributed by atoms with van der Waals surface area (Å²) in [6.07, 6.45) is 2.95. The molecule has 0 aliphatic carbocycles. The van der Waals surface area contributed by atoms with Crippen LogP contribution in [0.25, 0.3) is 11.8 Å². The van der Waals surface area contributed by atoms with E-state index >= 15 is 0 Å². The number of rotatable bonds is 3. The van der Waals surface area contributed by atoms with Gasteiger partial charge in [-0.25, -0.2) is 9.07 Å². The first kappa shape index (κ1) is 18.3. The molecular formula is C17H20BBrFN3O2. The number of benzene rings is 1. The van der Waals surface area contributed by atoms with Crippen molar-refractivity contribution in [1.29, 1.82) is 0 Å². The average molecular weight is 408 g/mol. The highest BCUT2D eigenvalue weighted by Crippen LogP contribution is 2.39. The molecular weight excluding hydrogens is 388 g/mol. The molecule has 25 heavy (non-hydrogen) atoms. The van der Waals surface area contributed by atoms with Crippen LogP contribution in [-0.2, 0) is 9.31 Å². The van der Waals surface area contributed by atoms with Gasteiger partial charge in [-0.2, -0.15) is 0 Å². The number of aromatic nitrogens is 3. The van der Waals surface area contributed by atoms with Crippen LogP contribution in [-0.4, -0.2) is 33.3 Å². The summed E-state index contributed by atoms with van der Waals surface area (Å²) in [5.41, 5.74) is 0.619. The molecule has 1 saturated heterocycles. The van der Waals surface area contributed by atoms with E-state index in [2.05, 4.69) is 26.2 Å². The van der Waals surface area contributed by atoms with Crippen LogP contribution in [0.2, 0.25) is 0 Å². The summed E-state index contributed by atoms with van der Waals surface area (Å²) >= 11 is 3.46. The van der Waals surface area contributed by atoms with Crippen molar-refractivity contribution in [2.75, 3.05) is 0 Å². The summed E-state index contributed by atoms with van der Waals surface area (Å²) in [5, 5.41) is 8.06. The highest BCUT2D eigenvalue weighted by Gasteiger charge is 2.53. The lowest BCUT2D eigenvalue weighted by Gasteiger charge is -2.32. The third-order valence-electron chi connectivity index (χ3n) is 4.68. The van der Waals surface area contributed by atoms with Crippen LogP contribution in [0.15, 0.2) is 34.6 Å². The van der Waals surface area contributed by atoms with E-state index in [1.54, 1.807) is 10.9 Å². The van der Waals surface area contributed by atoms with Crippen molar-refractivity contribution in [3.8, 4) is 5.69 Å². The second-order valence-electron chi connectivity index (χ2n) is 7.14. The van der Waals surface area contributed by atoms with Crippen LogP contribution in [0.3, 0.4) is 0 Å². The quantitative estimate of drug-likeness (QED) is 0.712. The molecule has 0 spiro atoms. The normalized spacial score (nSPS) is 19.5. The fourth-order valence-electron chi connectivity index (χ4n) is 2.41. The molecule has 1 aliphatic rings. The fourth-order valence-corrected chi connectivity index (χ4v) is 2.65. The summed E-state index contributed by atoms with van der Waals surface area (Å²) in [5.74, 6) is 0. The zero-order valence-corrected chi connectivity index (χ0v) is 16.5. The summed E-state index contributed by atoms with van der Waals surface area (Å²) in [6.45, 7) is 9.51. The molecule has 5 nitrogen and oxygen atoms in total. The monoisotopic (exact) mass is 407 g/mol. The lowest BCUT2D eigenvalue weighted by Crippen LogP contribution is -2.41. The first-order valence-corrected chi connectivity index (χ1v) is 8.80. The SMILES string of the molecule is Cc1cc(-n2cc(C=C(F)B3OC(C)(C)C(C)(C)O3)nn2)ccc1Br. The van der Waals surface area contributed by atoms with Gasteiger partial charge >= 0.3 is 7.12 Å². The molecule has 0 saturated carbocycles. The third kappa shape index (κ3) is 3.56. The van der Waals surface area contributed by atoms with E-state index in [1.165, 1.54) is 6.08 Å². The Hall–Kier alpha value is -1.51. The molecule has 0 N–H and O–H groups in total. The fraction of sp³-hybridized carbons (Fsp3) is 0.412. The van der Waals surface area contributed by atoms with E-state index in [4.69, 9.17) is 9.31 Å². The van der Waals surface area contributed by atoms with Gasteiger partial charge in [0.2, 0.25) is 0 Å². The first-order chi connectivity index (χ1) is 11.6. The van der Waals surface area contributed by atoms with E-state index in [-0.39, 0.29) is 0 Å². The zero-order valence-electron chi connectivity index (χ0n) is 14.9. The van der Waals surface area contributed by atoms with Crippen molar-refractivity contribution in [2.24, 2.45) is 0 Å². The number of aryl methyl sites for hydroxylation is 1. The predicted octanol–water partition coefficient (Wildman–Crippen LogP) is 4.28. The molecule has 3 rings (SSSR count). The number of halogens is 2. The lowest BCUT2D eigenvalue weighted by molar-refractivity contribution is 0.00578. The minimum absolute atomic E-state index is 0.396. The highest BCUT2D eigenvalue weighted by atomic mass is 79.9. The van der Waals surface area contributed by atoms with Gasteiger partial charge < -0.3 is 9.31 Å².